The summed E-state index contributed by atoms with van der Waals surface area (Å²) < 4.78 is 68.9. The van der Waals surface area contributed by atoms with E-state index < -0.39 is 39.9 Å². The van der Waals surface area contributed by atoms with Crippen molar-refractivity contribution in [3.05, 3.63) is 128 Å². The Labute approximate surface area is 354 Å². The van der Waals surface area contributed by atoms with Crippen molar-refractivity contribution in [2.75, 3.05) is 0 Å². The molecule has 57 heavy (non-hydrogen) atoms. The first-order chi connectivity index (χ1) is 26.5. The molecule has 0 aliphatic carbocycles. The van der Waals surface area contributed by atoms with Crippen LogP contribution < -0.4 is 0 Å². The van der Waals surface area contributed by atoms with Crippen LogP contribution in [0.25, 0.3) is 21.5 Å². The number of fused-ring (bicyclic) bond motifs is 2. The summed E-state index contributed by atoms with van der Waals surface area (Å²) in [5.74, 6) is -0.623. The summed E-state index contributed by atoms with van der Waals surface area (Å²) in [7, 11) is -9.50. The molecular formula is C36H28CaN6O12S2. The number of hydrogen-bond acceptors (Lipinski definition) is 16. The number of aryl methyl sites for hydroxylation is 2. The maximum atomic E-state index is 11.5. The van der Waals surface area contributed by atoms with Crippen molar-refractivity contribution in [2.24, 2.45) is 20.5 Å². The molecule has 0 amide bonds. The molecule has 288 valence electrons. The number of nitro benzene ring substituents is 2. The number of hydrogen-bond donors (Lipinski definition) is 2. The number of nitrogens with zero attached hydrogens (tertiary/aromatic N) is 6. The van der Waals surface area contributed by atoms with Crippen molar-refractivity contribution in [1.82, 2.24) is 0 Å². The molecule has 6 aromatic rings. The molecule has 0 heterocycles. The molecule has 0 aliphatic rings. The Morgan fingerprint density at radius 1 is 0.509 bits per heavy atom. The van der Waals surface area contributed by atoms with E-state index in [-0.39, 0.29) is 105 Å². The van der Waals surface area contributed by atoms with Gasteiger partial charge in [-0.25, -0.2) is 16.8 Å². The van der Waals surface area contributed by atoms with Crippen molar-refractivity contribution in [3.63, 3.8) is 0 Å². The third kappa shape index (κ3) is 9.74. The minimum absolute atomic E-state index is 0. The van der Waals surface area contributed by atoms with Gasteiger partial charge in [0.1, 0.15) is 43.1 Å². The van der Waals surface area contributed by atoms with E-state index in [9.17, 15) is 56.4 Å². The molecule has 0 unspecified atom stereocenters. The normalized spacial score (nSPS) is 11.7. The second-order valence-corrected chi connectivity index (χ2v) is 14.4. The first-order valence-electron chi connectivity index (χ1n) is 16.2. The first kappa shape index (κ1) is 44.2. The van der Waals surface area contributed by atoms with Crippen LogP contribution in [0.3, 0.4) is 0 Å². The van der Waals surface area contributed by atoms with Crippen LogP contribution in [-0.4, -0.2) is 83.7 Å². The third-order valence-electron chi connectivity index (χ3n) is 8.33. The molecule has 0 aliphatic heterocycles. The third-order valence-corrected chi connectivity index (χ3v) is 10.1. The number of azo groups is 2. The van der Waals surface area contributed by atoms with Gasteiger partial charge in [-0.1, -0.05) is 62.4 Å². The predicted octanol–water partition coefficient (Wildman–Crippen LogP) is 8.29. The van der Waals surface area contributed by atoms with E-state index in [1.54, 1.807) is 26.0 Å². The monoisotopic (exact) mass is 840 g/mol. The van der Waals surface area contributed by atoms with E-state index in [1.165, 1.54) is 72.8 Å². The maximum absolute atomic E-state index is 11.5. The number of benzene rings is 6. The molecule has 6 rings (SSSR count). The summed E-state index contributed by atoms with van der Waals surface area (Å²) in [5.41, 5.74) is 0.571. The summed E-state index contributed by atoms with van der Waals surface area (Å²) in [5, 5.41) is 59.3. The van der Waals surface area contributed by atoms with Gasteiger partial charge in [-0.15, -0.1) is 20.5 Å². The van der Waals surface area contributed by atoms with Crippen molar-refractivity contribution >= 4 is 114 Å². The van der Waals surface area contributed by atoms with E-state index in [0.29, 0.717) is 24.0 Å². The van der Waals surface area contributed by atoms with Crippen molar-refractivity contribution in [3.8, 4) is 11.5 Å². The van der Waals surface area contributed by atoms with Gasteiger partial charge < -0.3 is 19.3 Å². The van der Waals surface area contributed by atoms with Crippen molar-refractivity contribution < 1.29 is 46.0 Å². The minimum Gasteiger partial charge on any atom is -0.744 e. The van der Waals surface area contributed by atoms with Crippen LogP contribution in [0.4, 0.5) is 34.1 Å². The van der Waals surface area contributed by atoms with Gasteiger partial charge in [0.15, 0.2) is 11.4 Å². The molecule has 21 heteroatoms. The SMILES string of the molecule is CCc1cccc([N+](=O)[O-])c1N=Nc1c(O)ccc2c(S(=O)(=O)[O-])cccc12.CCc1cccc([N+](=O)[O-])c1N=Nc1c(O)ccc2c(S(=O)(=O)[O-])cccc12.[Ca+2]. The fourth-order valence-electron chi connectivity index (χ4n) is 5.70. The summed E-state index contributed by atoms with van der Waals surface area (Å²) in [4.78, 5) is 20.5. The summed E-state index contributed by atoms with van der Waals surface area (Å²) in [6.45, 7) is 3.61. The molecule has 0 spiro atoms. The second kappa shape index (κ2) is 18.2. The fraction of sp³-hybridized carbons (Fsp3) is 0.111. The molecule has 18 nitrogen and oxygen atoms in total. The summed E-state index contributed by atoms with van der Waals surface area (Å²) in [6, 6.07) is 21.9. The largest absolute Gasteiger partial charge is 2.00 e. The molecule has 0 radical (unpaired) electrons. The number of phenolic OH excluding ortho intramolecular Hbond substituents is 2. The number of phenols is 2. The fourth-order valence-corrected chi connectivity index (χ4v) is 7.09. The standard InChI is InChI=1S/2C18H15N3O6S.Ca/c2*1-2-11-5-3-7-14(21(23)24)17(11)19-20-18-13-6-4-8-16(28(25,26)27)12(13)9-10-15(18)22;/h2*3-10,22H,2H2,1H3,(H,25,26,27);/q;;+2/p-2. The molecule has 0 saturated heterocycles. The van der Waals surface area contributed by atoms with Crippen LogP contribution in [0.2, 0.25) is 0 Å². The van der Waals surface area contributed by atoms with Gasteiger partial charge in [0.05, 0.1) is 19.6 Å². The van der Waals surface area contributed by atoms with Gasteiger partial charge >= 0.3 is 37.7 Å². The maximum Gasteiger partial charge on any atom is 2.00 e. The van der Waals surface area contributed by atoms with Gasteiger partial charge in [0, 0.05) is 33.7 Å². The molecule has 0 atom stereocenters. The quantitative estimate of drug-likeness (QED) is 0.0433. The van der Waals surface area contributed by atoms with E-state index in [1.807, 2.05) is 0 Å². The zero-order valence-electron chi connectivity index (χ0n) is 29.8. The molecule has 0 aromatic heterocycles. The Bertz CT molecular complexity index is 2640. The van der Waals surface area contributed by atoms with Crippen molar-refractivity contribution in [1.29, 1.82) is 0 Å². The molecule has 2 N–H and O–H groups in total. The summed E-state index contributed by atoms with van der Waals surface area (Å²) >= 11 is 0. The number of nitro groups is 2. The second-order valence-electron chi connectivity index (χ2n) is 11.7. The van der Waals surface area contributed by atoms with Crippen LogP contribution in [0.1, 0.15) is 25.0 Å². The van der Waals surface area contributed by atoms with Gasteiger partial charge in [-0.2, -0.15) is 0 Å². The number of rotatable bonds is 10. The Hall–Kier alpha value is -5.48. The zero-order valence-corrected chi connectivity index (χ0v) is 33.7. The summed E-state index contributed by atoms with van der Waals surface area (Å²) in [6.07, 6.45) is 0.937. The molecule has 0 fully saturated rings. The molecule has 6 aromatic carbocycles. The van der Waals surface area contributed by atoms with Gasteiger partial charge in [0.2, 0.25) is 0 Å². The van der Waals surface area contributed by atoms with Gasteiger partial charge in [0.25, 0.3) is 11.4 Å². The topological polar surface area (TPSA) is 291 Å². The Kier molecular flexibility index (Phi) is 14.1. The Balaban J connectivity index is 0.000000248. The van der Waals surface area contributed by atoms with Crippen LogP contribution in [0, 0.1) is 20.2 Å². The molecule has 0 saturated carbocycles. The predicted molar refractivity (Wildman–Crippen MR) is 206 cm³/mol. The Morgan fingerprint density at radius 3 is 1.16 bits per heavy atom. The van der Waals surface area contributed by atoms with E-state index in [4.69, 9.17) is 0 Å². The molecular weight excluding hydrogens is 813 g/mol. The molecule has 0 bridgehead atoms. The van der Waals surface area contributed by atoms with E-state index >= 15 is 0 Å². The van der Waals surface area contributed by atoms with Crippen LogP contribution >= 0.6 is 0 Å². The smallest absolute Gasteiger partial charge is 0.744 e. The van der Waals surface area contributed by atoms with Crippen molar-refractivity contribution in [2.45, 2.75) is 36.5 Å². The van der Waals surface area contributed by atoms with E-state index in [2.05, 4.69) is 20.5 Å². The first-order valence-corrected chi connectivity index (χ1v) is 19.1. The van der Waals surface area contributed by atoms with Crippen LogP contribution in [0.15, 0.2) is 127 Å². The zero-order chi connectivity index (χ0) is 40.9. The average molecular weight is 841 g/mol. The van der Waals surface area contributed by atoms with E-state index in [0.717, 1.165) is 12.1 Å². The average Bonchev–Trinajstić information content (AvgIpc) is 3.15. The minimum atomic E-state index is -4.75. The van der Waals surface area contributed by atoms with Gasteiger partial charge in [-0.05, 0) is 60.4 Å². The van der Waals surface area contributed by atoms with Gasteiger partial charge in [-0.3, -0.25) is 20.2 Å². The van der Waals surface area contributed by atoms with Crippen LogP contribution in [-0.2, 0) is 33.1 Å². The Morgan fingerprint density at radius 2 is 0.842 bits per heavy atom. The number of aromatic hydroxyl groups is 2. The van der Waals surface area contributed by atoms with Crippen LogP contribution in [0.5, 0.6) is 11.5 Å².